The maximum Gasteiger partial charge on any atom is 0.191 e. The summed E-state index contributed by atoms with van der Waals surface area (Å²) in [5.41, 5.74) is 3.73. The lowest BCUT2D eigenvalue weighted by Crippen LogP contribution is -2.38. The van der Waals surface area contributed by atoms with Gasteiger partial charge in [0.05, 0.1) is 13.7 Å². The van der Waals surface area contributed by atoms with E-state index in [2.05, 4.69) is 57.1 Å². The molecule has 0 fully saturated rings. The zero-order chi connectivity index (χ0) is 19.6. The van der Waals surface area contributed by atoms with Gasteiger partial charge in [0, 0.05) is 32.5 Å². The highest BCUT2D eigenvalue weighted by atomic mass is 16.5. The molecule has 3 rings (SSSR count). The molecule has 0 spiro atoms. The number of hydrogen-bond acceptors (Lipinski definition) is 3. The van der Waals surface area contributed by atoms with Crippen LogP contribution in [0.15, 0.2) is 72.0 Å². The molecule has 3 aromatic rings. The van der Waals surface area contributed by atoms with Crippen molar-refractivity contribution in [2.45, 2.75) is 19.5 Å². The summed E-state index contributed by atoms with van der Waals surface area (Å²) in [6.07, 6.45) is 4.69. The van der Waals surface area contributed by atoms with Gasteiger partial charge in [-0.1, -0.05) is 36.4 Å². The zero-order valence-corrected chi connectivity index (χ0v) is 16.4. The van der Waals surface area contributed by atoms with Gasteiger partial charge < -0.3 is 15.4 Å². The lowest BCUT2D eigenvalue weighted by Gasteiger charge is -2.14. The first-order valence-corrected chi connectivity index (χ1v) is 9.40. The van der Waals surface area contributed by atoms with E-state index in [-0.39, 0.29) is 0 Å². The first-order valence-electron chi connectivity index (χ1n) is 9.40. The van der Waals surface area contributed by atoms with Crippen LogP contribution in [-0.2, 0) is 19.5 Å². The van der Waals surface area contributed by atoms with Crippen molar-refractivity contribution >= 4 is 5.96 Å². The predicted molar refractivity (Wildman–Crippen MR) is 113 cm³/mol. The van der Waals surface area contributed by atoms with Crippen molar-refractivity contribution in [1.82, 2.24) is 20.4 Å². The van der Waals surface area contributed by atoms with Crippen LogP contribution in [-0.4, -0.2) is 36.4 Å². The minimum absolute atomic E-state index is 0.708. The van der Waals surface area contributed by atoms with Crippen LogP contribution in [0.4, 0.5) is 0 Å². The van der Waals surface area contributed by atoms with E-state index in [1.165, 1.54) is 16.7 Å². The zero-order valence-electron chi connectivity index (χ0n) is 16.4. The number of guanidine groups is 1. The molecule has 0 bridgehead atoms. The van der Waals surface area contributed by atoms with Crippen molar-refractivity contribution in [2.75, 3.05) is 20.7 Å². The summed E-state index contributed by atoms with van der Waals surface area (Å²) in [7, 11) is 3.47. The van der Waals surface area contributed by atoms with E-state index < -0.39 is 0 Å². The fourth-order valence-electron chi connectivity index (χ4n) is 2.97. The van der Waals surface area contributed by atoms with E-state index >= 15 is 0 Å². The minimum Gasteiger partial charge on any atom is -0.497 e. The Kier molecular flexibility index (Phi) is 7.07. The monoisotopic (exact) mass is 377 g/mol. The van der Waals surface area contributed by atoms with E-state index in [1.807, 2.05) is 29.1 Å². The van der Waals surface area contributed by atoms with Crippen LogP contribution in [0.3, 0.4) is 0 Å². The molecule has 6 nitrogen and oxygen atoms in total. The Hall–Kier alpha value is -3.28. The van der Waals surface area contributed by atoms with Crippen LogP contribution in [0.25, 0.3) is 0 Å². The van der Waals surface area contributed by atoms with Gasteiger partial charge in [-0.05, 0) is 41.3 Å². The molecule has 28 heavy (non-hydrogen) atoms. The quantitative estimate of drug-likeness (QED) is 0.468. The maximum absolute atomic E-state index is 5.20. The second-order valence-electron chi connectivity index (χ2n) is 6.42. The Morgan fingerprint density at radius 3 is 2.50 bits per heavy atom. The molecule has 0 aliphatic carbocycles. The first kappa shape index (κ1) is 19.5. The van der Waals surface area contributed by atoms with Crippen LogP contribution < -0.4 is 15.4 Å². The molecule has 0 saturated carbocycles. The van der Waals surface area contributed by atoms with Gasteiger partial charge in [-0.2, -0.15) is 5.10 Å². The van der Waals surface area contributed by atoms with Crippen molar-refractivity contribution in [3.8, 4) is 5.75 Å². The summed E-state index contributed by atoms with van der Waals surface area (Å²) in [6.45, 7) is 2.27. The molecule has 1 aromatic heterocycles. The predicted octanol–water partition coefficient (Wildman–Crippen LogP) is 2.85. The molecule has 0 unspecified atom stereocenters. The molecule has 0 amide bonds. The molecule has 146 valence electrons. The van der Waals surface area contributed by atoms with Crippen molar-refractivity contribution < 1.29 is 4.74 Å². The molecule has 2 N–H and O–H groups in total. The highest BCUT2D eigenvalue weighted by molar-refractivity contribution is 5.79. The van der Waals surface area contributed by atoms with E-state index in [0.29, 0.717) is 6.54 Å². The molecule has 2 aromatic carbocycles. The number of nitrogens with zero attached hydrogens (tertiary/aromatic N) is 3. The van der Waals surface area contributed by atoms with E-state index in [4.69, 9.17) is 4.74 Å². The van der Waals surface area contributed by atoms with Crippen LogP contribution in [0.2, 0.25) is 0 Å². The highest BCUT2D eigenvalue weighted by Crippen LogP contribution is 2.12. The second-order valence-corrected chi connectivity index (χ2v) is 6.42. The van der Waals surface area contributed by atoms with Crippen LogP contribution >= 0.6 is 0 Å². The third-order valence-corrected chi connectivity index (χ3v) is 4.54. The molecule has 0 atom stereocenters. The second kappa shape index (κ2) is 10.2. The molecule has 6 heteroatoms. The van der Waals surface area contributed by atoms with E-state index in [1.54, 1.807) is 20.4 Å². The van der Waals surface area contributed by atoms with E-state index in [9.17, 15) is 0 Å². The summed E-state index contributed by atoms with van der Waals surface area (Å²) in [4.78, 5) is 4.32. The molecular formula is C22H27N5O. The van der Waals surface area contributed by atoms with Gasteiger partial charge in [-0.3, -0.25) is 9.67 Å². The van der Waals surface area contributed by atoms with Gasteiger partial charge in [0.15, 0.2) is 5.96 Å². The average molecular weight is 377 g/mol. The first-order chi connectivity index (χ1) is 13.8. The molecular weight excluding hydrogens is 350 g/mol. The van der Waals surface area contributed by atoms with Gasteiger partial charge in [-0.15, -0.1) is 0 Å². The fraction of sp³-hybridized carbons (Fsp3) is 0.273. The SMILES string of the molecule is CN=C(NCCc1ccc(OC)cc1)NCc1ccccc1Cn1cccn1. The van der Waals surface area contributed by atoms with Gasteiger partial charge in [-0.25, -0.2) is 0 Å². The Bertz CT molecular complexity index is 872. The fourth-order valence-corrected chi connectivity index (χ4v) is 2.97. The molecule has 0 aliphatic rings. The number of nitrogens with one attached hydrogen (secondary N) is 2. The third kappa shape index (κ3) is 5.61. The third-order valence-electron chi connectivity index (χ3n) is 4.54. The summed E-state index contributed by atoms with van der Waals surface area (Å²) in [5.74, 6) is 1.67. The lowest BCUT2D eigenvalue weighted by molar-refractivity contribution is 0.414. The van der Waals surface area contributed by atoms with Gasteiger partial charge in [0.2, 0.25) is 0 Å². The molecule has 0 radical (unpaired) electrons. The summed E-state index contributed by atoms with van der Waals surface area (Å²) in [5, 5.41) is 11.1. The minimum atomic E-state index is 0.708. The van der Waals surface area contributed by atoms with Crippen molar-refractivity contribution in [1.29, 1.82) is 0 Å². The number of benzene rings is 2. The topological polar surface area (TPSA) is 63.5 Å². The Morgan fingerprint density at radius 1 is 1.04 bits per heavy atom. The van der Waals surface area contributed by atoms with Crippen molar-refractivity contribution in [3.63, 3.8) is 0 Å². The number of rotatable bonds is 8. The average Bonchev–Trinajstić information content (AvgIpc) is 3.25. The van der Waals surface area contributed by atoms with E-state index in [0.717, 1.165) is 31.2 Å². The smallest absolute Gasteiger partial charge is 0.191 e. The molecule has 0 saturated heterocycles. The summed E-state index contributed by atoms with van der Waals surface area (Å²) < 4.78 is 7.13. The molecule has 0 aliphatic heterocycles. The Balaban J connectivity index is 1.50. The highest BCUT2D eigenvalue weighted by Gasteiger charge is 2.05. The Labute approximate surface area is 166 Å². The van der Waals surface area contributed by atoms with Crippen molar-refractivity contribution in [3.05, 3.63) is 83.7 Å². The number of ether oxygens (including phenoxy) is 1. The summed E-state index contributed by atoms with van der Waals surface area (Å²) in [6, 6.07) is 18.5. The summed E-state index contributed by atoms with van der Waals surface area (Å²) >= 11 is 0. The maximum atomic E-state index is 5.20. The Morgan fingerprint density at radius 2 is 1.82 bits per heavy atom. The van der Waals surface area contributed by atoms with Gasteiger partial charge >= 0.3 is 0 Å². The largest absolute Gasteiger partial charge is 0.497 e. The standard InChI is InChI=1S/C22H27N5O/c1-23-22(24-14-12-18-8-10-21(28-2)11-9-18)25-16-19-6-3-4-7-20(19)17-27-15-5-13-26-27/h3-11,13,15H,12,14,16-17H2,1-2H3,(H2,23,24,25). The number of methoxy groups -OCH3 is 1. The van der Waals surface area contributed by atoms with Crippen LogP contribution in [0, 0.1) is 0 Å². The number of aliphatic imine (C=N–C) groups is 1. The number of hydrogen-bond donors (Lipinski definition) is 2. The number of aromatic nitrogens is 2. The van der Waals surface area contributed by atoms with Crippen LogP contribution in [0.5, 0.6) is 5.75 Å². The van der Waals surface area contributed by atoms with Gasteiger partial charge in [0.25, 0.3) is 0 Å². The van der Waals surface area contributed by atoms with Crippen LogP contribution in [0.1, 0.15) is 16.7 Å². The van der Waals surface area contributed by atoms with Gasteiger partial charge in [0.1, 0.15) is 5.75 Å². The lowest BCUT2D eigenvalue weighted by atomic mass is 10.1. The normalized spacial score (nSPS) is 11.3. The molecule has 1 heterocycles. The van der Waals surface area contributed by atoms with Crippen molar-refractivity contribution in [2.24, 2.45) is 4.99 Å².